The van der Waals surface area contributed by atoms with E-state index in [1.165, 1.54) is 10.3 Å². The number of rotatable bonds is 6. The van der Waals surface area contributed by atoms with E-state index >= 15 is 0 Å². The zero-order chi connectivity index (χ0) is 18.5. The van der Waals surface area contributed by atoms with Crippen molar-refractivity contribution in [2.75, 3.05) is 26.2 Å². The molecule has 1 fully saturated rings. The van der Waals surface area contributed by atoms with Crippen LogP contribution in [0.2, 0.25) is 0 Å². The third-order valence-electron chi connectivity index (χ3n) is 4.97. The zero-order valence-electron chi connectivity index (χ0n) is 15.4. The molecule has 0 unspecified atom stereocenters. The van der Waals surface area contributed by atoms with Crippen molar-refractivity contribution < 1.29 is 4.79 Å². The van der Waals surface area contributed by atoms with Gasteiger partial charge in [-0.05, 0) is 36.6 Å². The number of fused-ring (bicyclic) bond motifs is 1. The third-order valence-corrected chi connectivity index (χ3v) is 6.07. The molecule has 0 atom stereocenters. The normalized spacial score (nSPS) is 15.3. The van der Waals surface area contributed by atoms with Crippen molar-refractivity contribution in [1.29, 1.82) is 0 Å². The molecule has 1 aliphatic heterocycles. The minimum absolute atomic E-state index is 0.275. The summed E-state index contributed by atoms with van der Waals surface area (Å²) in [7, 11) is 0. The molecule has 0 spiro atoms. The van der Waals surface area contributed by atoms with Crippen molar-refractivity contribution in [2.24, 2.45) is 0 Å². The first-order valence-electron chi connectivity index (χ1n) is 9.51. The lowest BCUT2D eigenvalue weighted by atomic mass is 10.2. The van der Waals surface area contributed by atoms with Crippen molar-refractivity contribution >= 4 is 27.5 Å². The first-order chi connectivity index (χ1) is 13.3. The number of piperazine rings is 1. The van der Waals surface area contributed by atoms with Gasteiger partial charge in [0.15, 0.2) is 0 Å². The van der Waals surface area contributed by atoms with E-state index < -0.39 is 0 Å². The van der Waals surface area contributed by atoms with Gasteiger partial charge in [-0.3, -0.25) is 14.7 Å². The number of hydrogen-bond acceptors (Lipinski definition) is 5. The van der Waals surface area contributed by atoms with Gasteiger partial charge < -0.3 is 4.90 Å². The summed E-state index contributed by atoms with van der Waals surface area (Å²) in [5.74, 6) is 0.275. The monoisotopic (exact) mass is 380 g/mol. The Morgan fingerprint density at radius 2 is 1.93 bits per heavy atom. The Balaban J connectivity index is 1.20. The summed E-state index contributed by atoms with van der Waals surface area (Å²) >= 11 is 1.74. The number of para-hydroxylation sites is 1. The van der Waals surface area contributed by atoms with Crippen LogP contribution in [-0.4, -0.2) is 51.9 Å². The maximum absolute atomic E-state index is 12.5. The summed E-state index contributed by atoms with van der Waals surface area (Å²) < 4.78 is 1.23. The van der Waals surface area contributed by atoms with E-state index in [4.69, 9.17) is 0 Å². The molecule has 140 valence electrons. The van der Waals surface area contributed by atoms with Crippen molar-refractivity contribution in [3.63, 3.8) is 0 Å². The van der Waals surface area contributed by atoms with Crippen LogP contribution in [0.15, 0.2) is 48.8 Å². The SMILES string of the molecule is O=C(CCCc1nc2ccccc2s1)N1CCN(Cc2cccnc2)CC1. The van der Waals surface area contributed by atoms with Crippen LogP contribution in [0.3, 0.4) is 0 Å². The second-order valence-corrected chi connectivity index (χ2v) is 8.06. The fourth-order valence-electron chi connectivity index (χ4n) is 3.48. The number of amides is 1. The Morgan fingerprint density at radius 1 is 1.07 bits per heavy atom. The van der Waals surface area contributed by atoms with E-state index in [1.807, 2.05) is 35.4 Å². The average molecular weight is 381 g/mol. The fourth-order valence-corrected chi connectivity index (χ4v) is 4.49. The Kier molecular flexibility index (Phi) is 5.75. The predicted octanol–water partition coefficient (Wildman–Crippen LogP) is 3.36. The molecular weight excluding hydrogens is 356 g/mol. The van der Waals surface area contributed by atoms with Crippen molar-refractivity contribution in [3.05, 3.63) is 59.4 Å². The Hall–Kier alpha value is -2.31. The molecule has 1 aromatic carbocycles. The van der Waals surface area contributed by atoms with Crippen LogP contribution in [0.4, 0.5) is 0 Å². The van der Waals surface area contributed by atoms with Crippen LogP contribution < -0.4 is 0 Å². The van der Waals surface area contributed by atoms with Crippen LogP contribution >= 0.6 is 11.3 Å². The van der Waals surface area contributed by atoms with E-state index in [-0.39, 0.29) is 5.91 Å². The second-order valence-electron chi connectivity index (χ2n) is 6.95. The number of nitrogens with zero attached hydrogens (tertiary/aromatic N) is 4. The molecule has 3 heterocycles. The topological polar surface area (TPSA) is 49.3 Å². The van der Waals surface area contributed by atoms with Gasteiger partial charge in [-0.15, -0.1) is 11.3 Å². The highest BCUT2D eigenvalue weighted by Gasteiger charge is 2.20. The van der Waals surface area contributed by atoms with Crippen molar-refractivity contribution in [3.8, 4) is 0 Å². The van der Waals surface area contributed by atoms with E-state index in [2.05, 4.69) is 27.0 Å². The van der Waals surface area contributed by atoms with Crippen LogP contribution in [0, 0.1) is 0 Å². The number of thiazole rings is 1. The first-order valence-corrected chi connectivity index (χ1v) is 10.3. The maximum atomic E-state index is 12.5. The van der Waals surface area contributed by atoms with Gasteiger partial charge in [-0.25, -0.2) is 4.98 Å². The maximum Gasteiger partial charge on any atom is 0.222 e. The molecule has 0 N–H and O–H groups in total. The van der Waals surface area contributed by atoms with Gasteiger partial charge in [0.2, 0.25) is 5.91 Å². The molecule has 0 radical (unpaired) electrons. The molecule has 0 saturated carbocycles. The van der Waals surface area contributed by atoms with Crippen molar-refractivity contribution in [2.45, 2.75) is 25.8 Å². The highest BCUT2D eigenvalue weighted by molar-refractivity contribution is 7.18. The number of carbonyl (C=O) groups excluding carboxylic acids is 1. The molecule has 1 saturated heterocycles. The van der Waals surface area contributed by atoms with Gasteiger partial charge >= 0.3 is 0 Å². The van der Waals surface area contributed by atoms with Gasteiger partial charge in [0.1, 0.15) is 0 Å². The third kappa shape index (κ3) is 4.70. The zero-order valence-corrected chi connectivity index (χ0v) is 16.2. The molecule has 1 amide bonds. The first kappa shape index (κ1) is 18.1. The van der Waals surface area contributed by atoms with E-state index in [1.54, 1.807) is 17.5 Å². The summed E-state index contributed by atoms with van der Waals surface area (Å²) in [4.78, 5) is 25.7. The summed E-state index contributed by atoms with van der Waals surface area (Å²) in [6.45, 7) is 4.41. The quantitative estimate of drug-likeness (QED) is 0.658. The lowest BCUT2D eigenvalue weighted by Gasteiger charge is -2.34. The number of aryl methyl sites for hydroxylation is 1. The number of aromatic nitrogens is 2. The number of benzene rings is 1. The van der Waals surface area contributed by atoms with Crippen molar-refractivity contribution in [1.82, 2.24) is 19.8 Å². The molecule has 3 aromatic rings. The second kappa shape index (κ2) is 8.59. The van der Waals surface area contributed by atoms with Crippen LogP contribution in [0.5, 0.6) is 0 Å². The Bertz CT molecular complexity index is 854. The average Bonchev–Trinajstić information content (AvgIpc) is 3.12. The van der Waals surface area contributed by atoms with Gasteiger partial charge in [0.05, 0.1) is 15.2 Å². The molecular formula is C21H24N4OS. The highest BCUT2D eigenvalue weighted by atomic mass is 32.1. The predicted molar refractivity (Wildman–Crippen MR) is 109 cm³/mol. The van der Waals surface area contributed by atoms with Crippen LogP contribution in [0.25, 0.3) is 10.2 Å². The lowest BCUT2D eigenvalue weighted by Crippen LogP contribution is -2.48. The van der Waals surface area contributed by atoms with Crippen LogP contribution in [-0.2, 0) is 17.8 Å². The lowest BCUT2D eigenvalue weighted by molar-refractivity contribution is -0.133. The summed E-state index contributed by atoms with van der Waals surface area (Å²) in [6.07, 6.45) is 6.08. The molecule has 5 nitrogen and oxygen atoms in total. The van der Waals surface area contributed by atoms with Crippen LogP contribution in [0.1, 0.15) is 23.4 Å². The largest absolute Gasteiger partial charge is 0.340 e. The standard InChI is InChI=1S/C21H24N4OS/c26-21(9-3-8-20-23-18-6-1-2-7-19(18)27-20)25-13-11-24(12-14-25)16-17-5-4-10-22-15-17/h1-2,4-7,10,15H,3,8-9,11-14,16H2. The molecule has 6 heteroatoms. The molecule has 2 aromatic heterocycles. The van der Waals surface area contributed by atoms with Gasteiger partial charge in [0.25, 0.3) is 0 Å². The number of pyridine rings is 1. The van der Waals surface area contributed by atoms with E-state index in [9.17, 15) is 4.79 Å². The fraction of sp³-hybridized carbons (Fsp3) is 0.381. The van der Waals surface area contributed by atoms with Gasteiger partial charge in [0, 0.05) is 51.5 Å². The smallest absolute Gasteiger partial charge is 0.222 e. The van der Waals surface area contributed by atoms with E-state index in [0.717, 1.165) is 56.1 Å². The Morgan fingerprint density at radius 3 is 2.70 bits per heavy atom. The summed E-state index contributed by atoms with van der Waals surface area (Å²) in [5.41, 5.74) is 2.29. The molecule has 0 bridgehead atoms. The van der Waals surface area contributed by atoms with Gasteiger partial charge in [-0.2, -0.15) is 0 Å². The molecule has 4 rings (SSSR count). The highest BCUT2D eigenvalue weighted by Crippen LogP contribution is 2.23. The minimum atomic E-state index is 0.275. The Labute approximate surface area is 163 Å². The summed E-state index contributed by atoms with van der Waals surface area (Å²) in [6, 6.07) is 12.3. The van der Waals surface area contributed by atoms with Gasteiger partial charge in [-0.1, -0.05) is 18.2 Å². The molecule has 27 heavy (non-hydrogen) atoms. The number of hydrogen-bond donors (Lipinski definition) is 0. The molecule has 1 aliphatic rings. The number of carbonyl (C=O) groups is 1. The summed E-state index contributed by atoms with van der Waals surface area (Å²) in [5, 5.41) is 1.13. The minimum Gasteiger partial charge on any atom is -0.340 e. The van der Waals surface area contributed by atoms with E-state index in [0.29, 0.717) is 6.42 Å². The molecule has 0 aliphatic carbocycles.